The molecule has 1 aromatic rings. The minimum atomic E-state index is -0.239. The maximum atomic E-state index is 12.0. The highest BCUT2D eigenvalue weighted by molar-refractivity contribution is 6.41. The highest BCUT2D eigenvalue weighted by atomic mass is 35.5. The van der Waals surface area contributed by atoms with E-state index in [0.717, 1.165) is 0 Å². The van der Waals surface area contributed by atoms with Gasteiger partial charge in [0.2, 0.25) is 0 Å². The Balaban J connectivity index is 2.77. The normalized spacial score (nSPS) is 12.6. The molecule has 0 bridgehead atoms. The third kappa shape index (κ3) is 4.12. The van der Waals surface area contributed by atoms with Crippen molar-refractivity contribution in [1.29, 1.82) is 0 Å². The second kappa shape index (κ2) is 6.92. The lowest BCUT2D eigenvalue weighted by Crippen LogP contribution is -2.41. The quantitative estimate of drug-likeness (QED) is 0.849. The van der Waals surface area contributed by atoms with E-state index in [1.54, 1.807) is 7.11 Å². The first kappa shape index (κ1) is 15.2. The van der Waals surface area contributed by atoms with Crippen molar-refractivity contribution < 1.29 is 9.53 Å². The molecule has 0 fully saturated rings. The third-order valence-electron chi connectivity index (χ3n) is 2.53. The molecule has 0 spiro atoms. The van der Waals surface area contributed by atoms with Gasteiger partial charge in [0.15, 0.2) is 0 Å². The average Bonchev–Trinajstić information content (AvgIpc) is 2.31. The largest absolute Gasteiger partial charge is 0.383 e. The van der Waals surface area contributed by atoms with Crippen LogP contribution in [-0.2, 0) is 4.74 Å². The number of methoxy groups -OCH3 is 1. The second-order valence-electron chi connectivity index (χ2n) is 4.28. The Labute approximate surface area is 117 Å². The van der Waals surface area contributed by atoms with Crippen LogP contribution in [0.15, 0.2) is 12.3 Å². The molecular formula is C12H16Cl2N2O2. The van der Waals surface area contributed by atoms with Gasteiger partial charge in [-0.3, -0.25) is 4.79 Å². The van der Waals surface area contributed by atoms with E-state index in [4.69, 9.17) is 27.9 Å². The maximum Gasteiger partial charge on any atom is 0.253 e. The molecule has 1 amide bonds. The predicted octanol–water partition coefficient (Wildman–Crippen LogP) is 2.79. The van der Waals surface area contributed by atoms with Crippen molar-refractivity contribution in [3.63, 3.8) is 0 Å². The van der Waals surface area contributed by atoms with E-state index >= 15 is 0 Å². The Bertz CT molecular complexity index is 425. The molecule has 0 aliphatic rings. The lowest BCUT2D eigenvalue weighted by molar-refractivity contribution is 0.0866. The molecule has 0 saturated heterocycles. The van der Waals surface area contributed by atoms with Crippen LogP contribution in [0.25, 0.3) is 0 Å². The van der Waals surface area contributed by atoms with Crippen LogP contribution >= 0.6 is 23.2 Å². The number of amides is 1. The van der Waals surface area contributed by atoms with Crippen molar-refractivity contribution in [3.05, 3.63) is 28.0 Å². The molecule has 18 heavy (non-hydrogen) atoms. The summed E-state index contributed by atoms with van der Waals surface area (Å²) in [6.07, 6.45) is 1.40. The molecule has 6 heteroatoms. The molecule has 0 aliphatic heterocycles. The molecule has 1 aromatic heterocycles. The monoisotopic (exact) mass is 290 g/mol. The van der Waals surface area contributed by atoms with Gasteiger partial charge >= 0.3 is 0 Å². The summed E-state index contributed by atoms with van der Waals surface area (Å²) in [5, 5.41) is 3.32. The number of hydrogen-bond donors (Lipinski definition) is 1. The number of nitrogens with zero attached hydrogens (tertiary/aromatic N) is 1. The molecule has 100 valence electrons. The molecule has 1 atom stereocenters. The highest BCUT2D eigenvalue weighted by Gasteiger charge is 2.17. The second-order valence-corrected chi connectivity index (χ2v) is 5.04. The van der Waals surface area contributed by atoms with Crippen molar-refractivity contribution in [2.45, 2.75) is 19.9 Å². The molecule has 0 saturated carbocycles. The van der Waals surface area contributed by atoms with Gasteiger partial charge in [0, 0.05) is 13.3 Å². The van der Waals surface area contributed by atoms with Crippen LogP contribution in [0.2, 0.25) is 10.2 Å². The fourth-order valence-corrected chi connectivity index (χ4v) is 1.65. The predicted molar refractivity (Wildman–Crippen MR) is 72.2 cm³/mol. The fourth-order valence-electron chi connectivity index (χ4n) is 1.38. The molecule has 1 heterocycles. The topological polar surface area (TPSA) is 51.2 Å². The molecule has 4 nitrogen and oxygen atoms in total. The smallest absolute Gasteiger partial charge is 0.253 e. The zero-order valence-electron chi connectivity index (χ0n) is 10.5. The summed E-state index contributed by atoms with van der Waals surface area (Å²) in [6, 6.07) is 1.44. The van der Waals surface area contributed by atoms with Crippen LogP contribution in [-0.4, -0.2) is 30.6 Å². The number of carbonyl (C=O) groups excluding carboxylic acids is 1. The van der Waals surface area contributed by atoms with Gasteiger partial charge in [-0.1, -0.05) is 37.0 Å². The van der Waals surface area contributed by atoms with E-state index in [1.165, 1.54) is 12.3 Å². The Morgan fingerprint density at radius 2 is 2.17 bits per heavy atom. The lowest BCUT2D eigenvalue weighted by Gasteiger charge is -2.21. The maximum absolute atomic E-state index is 12.0. The zero-order chi connectivity index (χ0) is 13.7. The third-order valence-corrected chi connectivity index (χ3v) is 3.21. The van der Waals surface area contributed by atoms with Gasteiger partial charge < -0.3 is 10.1 Å². The molecule has 1 unspecified atom stereocenters. The van der Waals surface area contributed by atoms with Crippen molar-refractivity contribution >= 4 is 29.1 Å². The number of nitrogens with one attached hydrogen (secondary N) is 1. The van der Waals surface area contributed by atoms with Crippen molar-refractivity contribution in [2.75, 3.05) is 13.7 Å². The Morgan fingerprint density at radius 1 is 1.50 bits per heavy atom. The summed E-state index contributed by atoms with van der Waals surface area (Å²) in [5.41, 5.74) is 0.381. The molecule has 1 N–H and O–H groups in total. The van der Waals surface area contributed by atoms with Gasteiger partial charge in [0.05, 0.1) is 23.2 Å². The van der Waals surface area contributed by atoms with Gasteiger partial charge in [-0.05, 0) is 12.0 Å². The van der Waals surface area contributed by atoms with Crippen LogP contribution in [0.3, 0.4) is 0 Å². The standard InChI is InChI=1S/C12H16Cl2N2O2/c1-7(2)10(6-18-3)16-12(17)8-4-9(13)11(14)15-5-8/h4-5,7,10H,6H2,1-3H3,(H,16,17). The number of hydrogen-bond acceptors (Lipinski definition) is 3. The molecule has 1 rings (SSSR count). The number of aromatic nitrogens is 1. The summed E-state index contributed by atoms with van der Waals surface area (Å²) >= 11 is 11.5. The minimum absolute atomic E-state index is 0.0584. The summed E-state index contributed by atoms with van der Waals surface area (Å²) in [4.78, 5) is 15.8. The van der Waals surface area contributed by atoms with Crippen LogP contribution in [0.1, 0.15) is 24.2 Å². The first-order chi connectivity index (χ1) is 8.45. The number of pyridine rings is 1. The fraction of sp³-hybridized carbons (Fsp3) is 0.500. The van der Waals surface area contributed by atoms with Crippen LogP contribution in [0.5, 0.6) is 0 Å². The van der Waals surface area contributed by atoms with E-state index in [1.807, 2.05) is 13.8 Å². The Morgan fingerprint density at radius 3 is 2.67 bits per heavy atom. The van der Waals surface area contributed by atoms with Gasteiger partial charge in [-0.2, -0.15) is 0 Å². The van der Waals surface area contributed by atoms with Gasteiger partial charge in [0.1, 0.15) is 5.15 Å². The zero-order valence-corrected chi connectivity index (χ0v) is 12.0. The summed E-state index contributed by atoms with van der Waals surface area (Å²) in [6.45, 7) is 4.48. The number of ether oxygens (including phenoxy) is 1. The summed E-state index contributed by atoms with van der Waals surface area (Å²) < 4.78 is 5.07. The van der Waals surface area contributed by atoms with E-state index in [0.29, 0.717) is 12.2 Å². The minimum Gasteiger partial charge on any atom is -0.383 e. The van der Waals surface area contributed by atoms with Crippen molar-refractivity contribution in [1.82, 2.24) is 10.3 Å². The first-order valence-electron chi connectivity index (χ1n) is 5.56. The first-order valence-corrected chi connectivity index (χ1v) is 6.32. The van der Waals surface area contributed by atoms with Gasteiger partial charge in [-0.15, -0.1) is 0 Å². The molecule has 0 aliphatic carbocycles. The van der Waals surface area contributed by atoms with E-state index in [9.17, 15) is 4.79 Å². The van der Waals surface area contributed by atoms with Gasteiger partial charge in [-0.25, -0.2) is 4.98 Å². The molecule has 0 radical (unpaired) electrons. The van der Waals surface area contributed by atoms with Crippen LogP contribution in [0, 0.1) is 5.92 Å². The number of carbonyl (C=O) groups is 1. The van der Waals surface area contributed by atoms with Crippen LogP contribution < -0.4 is 5.32 Å². The number of rotatable bonds is 5. The van der Waals surface area contributed by atoms with Crippen LogP contribution in [0.4, 0.5) is 0 Å². The van der Waals surface area contributed by atoms with E-state index in [2.05, 4.69) is 10.3 Å². The van der Waals surface area contributed by atoms with E-state index in [-0.39, 0.29) is 28.0 Å². The van der Waals surface area contributed by atoms with E-state index < -0.39 is 0 Å². The van der Waals surface area contributed by atoms with Gasteiger partial charge in [0.25, 0.3) is 5.91 Å². The number of halogens is 2. The lowest BCUT2D eigenvalue weighted by atomic mass is 10.1. The SMILES string of the molecule is COCC(NC(=O)c1cnc(Cl)c(Cl)c1)C(C)C. The van der Waals surface area contributed by atoms with Crippen molar-refractivity contribution in [3.8, 4) is 0 Å². The molecule has 0 aromatic carbocycles. The molecular weight excluding hydrogens is 275 g/mol. The highest BCUT2D eigenvalue weighted by Crippen LogP contribution is 2.19. The summed E-state index contributed by atoms with van der Waals surface area (Å²) in [7, 11) is 1.60. The Kier molecular flexibility index (Phi) is 5.85. The van der Waals surface area contributed by atoms with Crippen molar-refractivity contribution in [2.24, 2.45) is 5.92 Å². The summed E-state index contributed by atoms with van der Waals surface area (Å²) in [5.74, 6) is 0.0291. The Hall–Kier alpha value is -0.840. The average molecular weight is 291 g/mol.